The van der Waals surface area contributed by atoms with Crippen molar-refractivity contribution in [2.45, 2.75) is 32.7 Å². The highest BCUT2D eigenvalue weighted by atomic mass is 79.9. The summed E-state index contributed by atoms with van der Waals surface area (Å²) in [6, 6.07) is 5.29. The molecule has 0 aliphatic heterocycles. The van der Waals surface area contributed by atoms with Crippen molar-refractivity contribution in [3.05, 3.63) is 50.1 Å². The Bertz CT molecular complexity index is 571. The predicted molar refractivity (Wildman–Crippen MR) is 85.8 cm³/mol. The summed E-state index contributed by atoms with van der Waals surface area (Å²) in [5.41, 5.74) is 1.78. The van der Waals surface area contributed by atoms with E-state index in [1.165, 1.54) is 6.07 Å². The number of nitrogens with one attached hydrogen (secondary N) is 1. The molecule has 20 heavy (non-hydrogen) atoms. The fraction of sp³-hybridized carbons (Fsp3) is 0.400. The maximum atomic E-state index is 13.9. The largest absolute Gasteiger partial charge is 0.314 e. The van der Waals surface area contributed by atoms with Crippen molar-refractivity contribution in [3.8, 4) is 0 Å². The summed E-state index contributed by atoms with van der Waals surface area (Å²) in [5, 5.41) is 6.57. The third-order valence-electron chi connectivity index (χ3n) is 3.05. The van der Waals surface area contributed by atoms with Gasteiger partial charge in [-0.3, -0.25) is 0 Å². The van der Waals surface area contributed by atoms with E-state index >= 15 is 0 Å². The molecule has 1 heterocycles. The molecular weight excluding hydrogens is 339 g/mol. The molecule has 0 aliphatic rings. The van der Waals surface area contributed by atoms with E-state index in [0.29, 0.717) is 6.42 Å². The number of rotatable bonds is 6. The summed E-state index contributed by atoms with van der Waals surface area (Å²) in [6.45, 7) is 4.93. The van der Waals surface area contributed by atoms with Crippen LogP contribution in [0, 0.1) is 12.7 Å². The lowest BCUT2D eigenvalue weighted by atomic mass is 10.0. The third kappa shape index (κ3) is 4.36. The second kappa shape index (κ2) is 7.29. The quantitative estimate of drug-likeness (QED) is 0.841. The number of hydrogen-bond acceptors (Lipinski definition) is 3. The Morgan fingerprint density at radius 1 is 1.40 bits per heavy atom. The van der Waals surface area contributed by atoms with Gasteiger partial charge < -0.3 is 5.32 Å². The number of aryl methyl sites for hydroxylation is 1. The summed E-state index contributed by atoms with van der Waals surface area (Å²) in [5.74, 6) is -0.147. The van der Waals surface area contributed by atoms with Gasteiger partial charge in [0.1, 0.15) is 5.82 Å². The Balaban J connectivity index is 2.10. The Morgan fingerprint density at radius 3 is 2.85 bits per heavy atom. The van der Waals surface area contributed by atoms with Crippen LogP contribution in [0.5, 0.6) is 0 Å². The molecule has 0 bridgehead atoms. The molecule has 2 aromatic rings. The smallest absolute Gasteiger partial charge is 0.126 e. The van der Waals surface area contributed by atoms with Gasteiger partial charge in [0.05, 0.1) is 5.01 Å². The van der Waals surface area contributed by atoms with Crippen molar-refractivity contribution in [2.24, 2.45) is 0 Å². The van der Waals surface area contributed by atoms with Crippen LogP contribution in [0.1, 0.15) is 23.2 Å². The summed E-state index contributed by atoms with van der Waals surface area (Å²) < 4.78 is 14.8. The van der Waals surface area contributed by atoms with Crippen LogP contribution in [0.3, 0.4) is 0 Å². The molecule has 108 valence electrons. The minimum absolute atomic E-state index is 0.147. The van der Waals surface area contributed by atoms with Crippen molar-refractivity contribution in [1.82, 2.24) is 10.3 Å². The molecule has 2 nitrogen and oxygen atoms in total. The second-order valence-electron chi connectivity index (χ2n) is 4.78. The van der Waals surface area contributed by atoms with Gasteiger partial charge in [0, 0.05) is 28.0 Å². The predicted octanol–water partition coefficient (Wildman–Crippen LogP) is 4.12. The number of hydrogen-bond donors (Lipinski definition) is 1. The highest BCUT2D eigenvalue weighted by Crippen LogP contribution is 2.19. The van der Waals surface area contributed by atoms with Gasteiger partial charge in [-0.1, -0.05) is 22.9 Å². The minimum atomic E-state index is -0.147. The average molecular weight is 357 g/mol. The van der Waals surface area contributed by atoms with Crippen LogP contribution in [0.2, 0.25) is 0 Å². The molecule has 5 heteroatoms. The molecule has 0 saturated carbocycles. The van der Waals surface area contributed by atoms with Crippen molar-refractivity contribution in [1.29, 1.82) is 0 Å². The third-order valence-corrected chi connectivity index (χ3v) is 4.54. The van der Waals surface area contributed by atoms with Crippen molar-refractivity contribution in [2.75, 3.05) is 6.54 Å². The van der Waals surface area contributed by atoms with Crippen LogP contribution in [0.4, 0.5) is 4.39 Å². The SMILES string of the molecule is CCNC(Cc1nc(C)cs1)Cc1cc(Br)ccc1F. The topological polar surface area (TPSA) is 24.9 Å². The van der Waals surface area contributed by atoms with E-state index in [9.17, 15) is 4.39 Å². The molecule has 1 atom stereocenters. The molecular formula is C15H18BrFN2S. The first-order valence-electron chi connectivity index (χ1n) is 6.66. The van der Waals surface area contributed by atoms with Crippen LogP contribution in [-0.4, -0.2) is 17.6 Å². The first-order chi connectivity index (χ1) is 9.58. The van der Waals surface area contributed by atoms with Crippen molar-refractivity contribution >= 4 is 27.3 Å². The van der Waals surface area contributed by atoms with Crippen LogP contribution >= 0.6 is 27.3 Å². The van der Waals surface area contributed by atoms with Gasteiger partial charge in [-0.2, -0.15) is 0 Å². The van der Waals surface area contributed by atoms with E-state index in [1.807, 2.05) is 13.0 Å². The molecule has 0 amide bonds. The summed E-state index contributed by atoms with van der Waals surface area (Å²) >= 11 is 5.07. The molecule has 2 rings (SSSR count). The Hall–Kier alpha value is -0.780. The van der Waals surface area contributed by atoms with Crippen LogP contribution in [0.15, 0.2) is 28.1 Å². The molecule has 0 aliphatic carbocycles. The van der Waals surface area contributed by atoms with E-state index in [1.54, 1.807) is 17.4 Å². The molecule has 0 spiro atoms. The van der Waals surface area contributed by atoms with Gasteiger partial charge in [0.2, 0.25) is 0 Å². The minimum Gasteiger partial charge on any atom is -0.314 e. The van der Waals surface area contributed by atoms with Crippen LogP contribution in [-0.2, 0) is 12.8 Å². The zero-order valence-corrected chi connectivity index (χ0v) is 14.0. The van der Waals surface area contributed by atoms with Gasteiger partial charge in [0.25, 0.3) is 0 Å². The second-order valence-corrected chi connectivity index (χ2v) is 6.64. The zero-order valence-electron chi connectivity index (χ0n) is 11.6. The summed E-state index contributed by atoms with van der Waals surface area (Å²) in [4.78, 5) is 4.49. The maximum Gasteiger partial charge on any atom is 0.126 e. The fourth-order valence-electron chi connectivity index (χ4n) is 2.18. The Morgan fingerprint density at radius 2 is 2.20 bits per heavy atom. The number of aromatic nitrogens is 1. The maximum absolute atomic E-state index is 13.9. The summed E-state index contributed by atoms with van der Waals surface area (Å²) in [6.07, 6.45) is 1.50. The van der Waals surface area contributed by atoms with Crippen molar-refractivity contribution < 1.29 is 4.39 Å². The number of likely N-dealkylation sites (N-methyl/N-ethyl adjacent to an activating group) is 1. The van der Waals surface area contributed by atoms with E-state index in [4.69, 9.17) is 0 Å². The summed E-state index contributed by atoms with van der Waals surface area (Å²) in [7, 11) is 0. The normalized spacial score (nSPS) is 12.6. The van der Waals surface area contributed by atoms with Crippen LogP contribution < -0.4 is 5.32 Å². The monoisotopic (exact) mass is 356 g/mol. The van der Waals surface area contributed by atoms with E-state index in [-0.39, 0.29) is 11.9 Å². The van der Waals surface area contributed by atoms with Gasteiger partial charge >= 0.3 is 0 Å². The Labute approximate surface area is 131 Å². The molecule has 0 fully saturated rings. The van der Waals surface area contributed by atoms with Crippen LogP contribution in [0.25, 0.3) is 0 Å². The fourth-order valence-corrected chi connectivity index (χ4v) is 3.44. The highest BCUT2D eigenvalue weighted by molar-refractivity contribution is 9.10. The standard InChI is InChI=1S/C15H18BrFN2S/c1-3-18-13(8-15-19-10(2)9-20-15)7-11-6-12(16)4-5-14(11)17/h4-6,9,13,18H,3,7-8H2,1-2H3. The first-order valence-corrected chi connectivity index (χ1v) is 8.34. The van der Waals surface area contributed by atoms with Crippen molar-refractivity contribution in [3.63, 3.8) is 0 Å². The zero-order chi connectivity index (χ0) is 14.5. The lowest BCUT2D eigenvalue weighted by molar-refractivity contribution is 0.504. The number of halogens is 2. The molecule has 1 aromatic carbocycles. The van der Waals surface area contributed by atoms with E-state index in [2.05, 4.69) is 38.5 Å². The number of thiazole rings is 1. The first kappa shape index (κ1) is 15.6. The number of nitrogens with zero attached hydrogens (tertiary/aromatic N) is 1. The number of benzene rings is 1. The molecule has 1 aromatic heterocycles. The lowest BCUT2D eigenvalue weighted by Gasteiger charge is -2.17. The van der Waals surface area contributed by atoms with Gasteiger partial charge in [-0.15, -0.1) is 11.3 Å². The molecule has 0 radical (unpaired) electrons. The Kier molecular flexibility index (Phi) is 5.69. The highest BCUT2D eigenvalue weighted by Gasteiger charge is 2.14. The van der Waals surface area contributed by atoms with Gasteiger partial charge in [-0.25, -0.2) is 9.37 Å². The molecule has 0 saturated heterocycles. The molecule has 1 N–H and O–H groups in total. The lowest BCUT2D eigenvalue weighted by Crippen LogP contribution is -2.33. The van der Waals surface area contributed by atoms with E-state index in [0.717, 1.165) is 33.7 Å². The van der Waals surface area contributed by atoms with Gasteiger partial charge in [0.15, 0.2) is 0 Å². The average Bonchev–Trinajstić information content (AvgIpc) is 2.79. The molecule has 1 unspecified atom stereocenters. The van der Waals surface area contributed by atoms with E-state index < -0.39 is 0 Å². The van der Waals surface area contributed by atoms with Gasteiger partial charge in [-0.05, 0) is 43.7 Å².